The smallest absolute Gasteiger partial charge is 0.328 e. The van der Waals surface area contributed by atoms with E-state index in [0.717, 1.165) is 11.3 Å². The van der Waals surface area contributed by atoms with Crippen molar-refractivity contribution in [2.75, 3.05) is 18.6 Å². The van der Waals surface area contributed by atoms with Crippen molar-refractivity contribution < 1.29 is 9.59 Å². The van der Waals surface area contributed by atoms with Gasteiger partial charge in [-0.3, -0.25) is 23.9 Å². The van der Waals surface area contributed by atoms with Gasteiger partial charge in [-0.1, -0.05) is 30.3 Å². The lowest BCUT2D eigenvalue weighted by atomic mass is 10.1. The maximum atomic E-state index is 12.5. The largest absolute Gasteiger partial charge is 0.353 e. The number of hydrogen-bond donors (Lipinski definition) is 3. The third-order valence-electron chi connectivity index (χ3n) is 4.02. The first-order valence-corrected chi connectivity index (χ1v) is 10.3. The van der Waals surface area contributed by atoms with E-state index < -0.39 is 17.3 Å². The highest BCUT2D eigenvalue weighted by molar-refractivity contribution is 7.98. The molecule has 0 saturated carbocycles. The number of H-pyrrole nitrogens is 1. The molecule has 0 aliphatic heterocycles. The summed E-state index contributed by atoms with van der Waals surface area (Å²) in [6.07, 6.45) is 4.02. The summed E-state index contributed by atoms with van der Waals surface area (Å²) >= 11 is 1.59. The van der Waals surface area contributed by atoms with Crippen molar-refractivity contribution in [2.24, 2.45) is 0 Å². The summed E-state index contributed by atoms with van der Waals surface area (Å²) in [6, 6.07) is 9.92. The topological polar surface area (TPSA) is 113 Å². The van der Waals surface area contributed by atoms with Gasteiger partial charge in [-0.2, -0.15) is 11.8 Å². The molecule has 28 heavy (non-hydrogen) atoms. The third kappa shape index (κ3) is 7.07. The number of aromatic nitrogens is 2. The van der Waals surface area contributed by atoms with Gasteiger partial charge < -0.3 is 10.6 Å². The van der Waals surface area contributed by atoms with Gasteiger partial charge in [-0.05, 0) is 24.0 Å². The van der Waals surface area contributed by atoms with E-state index in [1.54, 1.807) is 11.8 Å². The first-order chi connectivity index (χ1) is 13.5. The first-order valence-electron chi connectivity index (χ1n) is 8.89. The van der Waals surface area contributed by atoms with E-state index in [0.29, 0.717) is 6.42 Å². The van der Waals surface area contributed by atoms with Crippen molar-refractivity contribution in [1.29, 1.82) is 0 Å². The zero-order valence-corrected chi connectivity index (χ0v) is 16.5. The minimum Gasteiger partial charge on any atom is -0.353 e. The molecule has 0 spiro atoms. The molecular formula is C19H24N4O4S. The average molecular weight is 404 g/mol. The predicted molar refractivity (Wildman–Crippen MR) is 109 cm³/mol. The molecule has 9 heteroatoms. The molecule has 1 aromatic carbocycles. The normalized spacial score (nSPS) is 11.6. The number of nitrogens with zero attached hydrogens (tertiary/aromatic N) is 1. The summed E-state index contributed by atoms with van der Waals surface area (Å²) < 4.78 is 1.30. The van der Waals surface area contributed by atoms with Gasteiger partial charge in [0.15, 0.2) is 0 Å². The van der Waals surface area contributed by atoms with Crippen LogP contribution in [-0.4, -0.2) is 46.0 Å². The van der Waals surface area contributed by atoms with Gasteiger partial charge in [0.05, 0.1) is 6.42 Å². The maximum Gasteiger partial charge on any atom is 0.328 e. The van der Waals surface area contributed by atoms with E-state index in [1.165, 1.54) is 16.8 Å². The molecule has 0 saturated heterocycles. The monoisotopic (exact) mass is 404 g/mol. The Bertz CT molecular complexity index is 895. The van der Waals surface area contributed by atoms with Gasteiger partial charge in [0.1, 0.15) is 6.04 Å². The zero-order chi connectivity index (χ0) is 20.4. The minimum absolute atomic E-state index is 0.203. The number of hydrogen-bond acceptors (Lipinski definition) is 5. The highest BCUT2D eigenvalue weighted by Gasteiger charge is 2.20. The van der Waals surface area contributed by atoms with Crippen LogP contribution in [0.15, 0.2) is 52.2 Å². The average Bonchev–Trinajstić information content (AvgIpc) is 2.67. The number of carbonyl (C=O) groups is 2. The highest BCUT2D eigenvalue weighted by atomic mass is 32.2. The Morgan fingerprint density at radius 2 is 1.93 bits per heavy atom. The molecule has 1 unspecified atom stereocenters. The Morgan fingerprint density at radius 3 is 2.61 bits per heavy atom. The zero-order valence-electron chi connectivity index (χ0n) is 15.6. The Labute approximate surface area is 166 Å². The predicted octanol–water partition coefficient (Wildman–Crippen LogP) is 0.133. The standard InChI is InChI=1S/C19H24N4O4S/c1-28-12-8-15(21-17(25)13-14-5-3-2-4-6-14)18(26)20-9-11-23-10-7-16(24)22-19(23)27/h2-7,10,15H,8-9,11-13H2,1H3,(H,20,26)(H,21,25)(H,22,24,27). The van der Waals surface area contributed by atoms with Crippen molar-refractivity contribution in [2.45, 2.75) is 25.4 Å². The maximum absolute atomic E-state index is 12.5. The van der Waals surface area contributed by atoms with Crippen molar-refractivity contribution in [3.8, 4) is 0 Å². The second kappa shape index (κ2) is 11.1. The molecule has 0 aliphatic carbocycles. The Balaban J connectivity index is 1.89. The number of carbonyl (C=O) groups excluding carboxylic acids is 2. The van der Waals surface area contributed by atoms with E-state index in [9.17, 15) is 19.2 Å². The molecule has 2 aromatic rings. The van der Waals surface area contributed by atoms with Crippen LogP contribution >= 0.6 is 11.8 Å². The fourth-order valence-electron chi connectivity index (χ4n) is 2.57. The molecule has 0 fully saturated rings. The second-order valence-electron chi connectivity index (χ2n) is 6.16. The van der Waals surface area contributed by atoms with Crippen LogP contribution in [0.1, 0.15) is 12.0 Å². The van der Waals surface area contributed by atoms with Crippen LogP contribution in [0.4, 0.5) is 0 Å². The van der Waals surface area contributed by atoms with E-state index in [-0.39, 0.29) is 31.3 Å². The fraction of sp³-hybridized carbons (Fsp3) is 0.368. The summed E-state index contributed by atoms with van der Waals surface area (Å²) in [5.74, 6) is 0.209. The van der Waals surface area contributed by atoms with Crippen LogP contribution in [0.3, 0.4) is 0 Å². The Hall–Kier alpha value is -2.81. The second-order valence-corrected chi connectivity index (χ2v) is 7.14. The Morgan fingerprint density at radius 1 is 1.18 bits per heavy atom. The summed E-state index contributed by atoms with van der Waals surface area (Å²) in [5.41, 5.74) is -0.123. The molecule has 2 amide bonds. The molecule has 1 atom stereocenters. The lowest BCUT2D eigenvalue weighted by Crippen LogP contribution is -2.48. The van der Waals surface area contributed by atoms with Gasteiger partial charge >= 0.3 is 5.69 Å². The highest BCUT2D eigenvalue weighted by Crippen LogP contribution is 2.04. The summed E-state index contributed by atoms with van der Waals surface area (Å²) in [6.45, 7) is 0.420. The molecule has 8 nitrogen and oxygen atoms in total. The van der Waals surface area contributed by atoms with Crippen molar-refractivity contribution in [3.05, 3.63) is 69.0 Å². The summed E-state index contributed by atoms with van der Waals surface area (Å²) in [4.78, 5) is 49.6. The first kappa shape index (κ1) is 21.5. The van der Waals surface area contributed by atoms with Gasteiger partial charge in [0.2, 0.25) is 11.8 Å². The number of rotatable bonds is 10. The number of amides is 2. The summed E-state index contributed by atoms with van der Waals surface area (Å²) in [5, 5.41) is 5.52. The van der Waals surface area contributed by atoms with Crippen molar-refractivity contribution in [3.63, 3.8) is 0 Å². The lowest BCUT2D eigenvalue weighted by Gasteiger charge is -2.18. The molecular weight excluding hydrogens is 380 g/mol. The van der Waals surface area contributed by atoms with Crippen LogP contribution < -0.4 is 21.9 Å². The van der Waals surface area contributed by atoms with E-state index in [2.05, 4.69) is 15.6 Å². The van der Waals surface area contributed by atoms with Crippen LogP contribution in [0.25, 0.3) is 0 Å². The number of benzene rings is 1. The quantitative estimate of drug-likeness (QED) is 0.521. The summed E-state index contributed by atoms with van der Waals surface area (Å²) in [7, 11) is 0. The molecule has 3 N–H and O–H groups in total. The number of aromatic amines is 1. The third-order valence-corrected chi connectivity index (χ3v) is 4.66. The van der Waals surface area contributed by atoms with E-state index in [4.69, 9.17) is 0 Å². The molecule has 1 heterocycles. The van der Waals surface area contributed by atoms with Crippen LogP contribution in [0.5, 0.6) is 0 Å². The van der Waals surface area contributed by atoms with Crippen LogP contribution in [0.2, 0.25) is 0 Å². The molecule has 150 valence electrons. The SMILES string of the molecule is CSCCC(NC(=O)Cc1ccccc1)C(=O)NCCn1ccc(=O)[nH]c1=O. The van der Waals surface area contributed by atoms with Gasteiger partial charge in [0.25, 0.3) is 5.56 Å². The lowest BCUT2D eigenvalue weighted by molar-refractivity contribution is -0.128. The molecule has 2 rings (SSSR count). The van der Waals surface area contributed by atoms with E-state index in [1.807, 2.05) is 36.6 Å². The minimum atomic E-state index is -0.643. The van der Waals surface area contributed by atoms with Gasteiger partial charge in [-0.15, -0.1) is 0 Å². The van der Waals surface area contributed by atoms with Crippen molar-refractivity contribution >= 4 is 23.6 Å². The number of nitrogens with one attached hydrogen (secondary N) is 3. The van der Waals surface area contributed by atoms with Crippen molar-refractivity contribution in [1.82, 2.24) is 20.2 Å². The molecule has 0 radical (unpaired) electrons. The Kier molecular flexibility index (Phi) is 8.54. The van der Waals surface area contributed by atoms with Gasteiger partial charge in [0, 0.05) is 25.4 Å². The van der Waals surface area contributed by atoms with Crippen LogP contribution in [0, 0.1) is 0 Å². The van der Waals surface area contributed by atoms with Gasteiger partial charge in [-0.25, -0.2) is 4.79 Å². The molecule has 0 aliphatic rings. The van der Waals surface area contributed by atoms with E-state index >= 15 is 0 Å². The molecule has 1 aromatic heterocycles. The molecule has 0 bridgehead atoms. The number of thioether (sulfide) groups is 1. The van der Waals surface area contributed by atoms with Crippen LogP contribution in [-0.2, 0) is 22.6 Å². The fourth-order valence-corrected chi connectivity index (χ4v) is 3.05.